The van der Waals surface area contributed by atoms with E-state index in [2.05, 4.69) is 0 Å². The third-order valence-electron chi connectivity index (χ3n) is 4.28. The van der Waals surface area contributed by atoms with E-state index >= 15 is 0 Å². The molecule has 1 aromatic heterocycles. The van der Waals surface area contributed by atoms with Crippen LogP contribution in [0.25, 0.3) is 5.69 Å². The molecule has 3 aromatic rings. The van der Waals surface area contributed by atoms with Gasteiger partial charge in [0.15, 0.2) is 0 Å². The molecule has 5 nitrogen and oxygen atoms in total. The minimum Gasteiger partial charge on any atom is -0.508 e. The van der Waals surface area contributed by atoms with Gasteiger partial charge >= 0.3 is 5.97 Å². The average molecular weight is 363 g/mol. The predicted molar refractivity (Wildman–Crippen MR) is 104 cm³/mol. The summed E-state index contributed by atoms with van der Waals surface area (Å²) in [5.74, 6) is -0.524. The molecule has 0 radical (unpaired) electrons. The first kappa shape index (κ1) is 18.5. The van der Waals surface area contributed by atoms with Crippen molar-refractivity contribution >= 4 is 5.97 Å². The molecule has 1 N–H and O–H groups in total. The Kier molecular flexibility index (Phi) is 5.71. The van der Waals surface area contributed by atoms with Gasteiger partial charge in [0.25, 0.3) is 5.56 Å². The normalized spacial score (nSPS) is 10.6. The Morgan fingerprint density at radius 1 is 0.963 bits per heavy atom. The highest BCUT2D eigenvalue weighted by molar-refractivity contribution is 5.89. The summed E-state index contributed by atoms with van der Waals surface area (Å²) in [7, 11) is 0. The molecule has 1 heterocycles. The first-order chi connectivity index (χ1) is 13.1. The monoisotopic (exact) mass is 363 g/mol. The van der Waals surface area contributed by atoms with Crippen LogP contribution in [0.3, 0.4) is 0 Å². The number of rotatable bonds is 6. The summed E-state index contributed by atoms with van der Waals surface area (Å²) in [5, 5.41) is 9.55. The van der Waals surface area contributed by atoms with E-state index in [1.807, 2.05) is 30.3 Å². The van der Waals surface area contributed by atoms with E-state index in [0.717, 1.165) is 17.7 Å². The van der Waals surface area contributed by atoms with Gasteiger partial charge < -0.3 is 9.84 Å². The van der Waals surface area contributed by atoms with Gasteiger partial charge in [-0.1, -0.05) is 30.3 Å². The lowest BCUT2D eigenvalue weighted by atomic mass is 10.1. The van der Waals surface area contributed by atoms with Gasteiger partial charge in [-0.2, -0.15) is 0 Å². The van der Waals surface area contributed by atoms with Crippen LogP contribution in [0.2, 0.25) is 0 Å². The topological polar surface area (TPSA) is 68.5 Å². The van der Waals surface area contributed by atoms with Crippen LogP contribution in [0, 0.1) is 0 Å². The number of phenolic OH excluding ortho intramolecular Hbond substituents is 1. The Bertz CT molecular complexity index is 975. The number of hydrogen-bond donors (Lipinski definition) is 1. The van der Waals surface area contributed by atoms with E-state index in [0.29, 0.717) is 12.1 Å². The predicted octanol–water partition coefficient (Wildman–Crippen LogP) is 3.51. The number of phenols is 1. The lowest BCUT2D eigenvalue weighted by Crippen LogP contribution is -2.28. The van der Waals surface area contributed by atoms with Crippen molar-refractivity contribution in [3.8, 4) is 11.4 Å². The van der Waals surface area contributed by atoms with Gasteiger partial charge in [0.1, 0.15) is 11.3 Å². The molecule has 0 atom stereocenters. The first-order valence-electron chi connectivity index (χ1n) is 8.85. The number of pyridine rings is 1. The number of esters is 1. The van der Waals surface area contributed by atoms with E-state index in [4.69, 9.17) is 4.74 Å². The number of ether oxygens (including phenoxy) is 1. The second-order valence-corrected chi connectivity index (χ2v) is 6.10. The lowest BCUT2D eigenvalue weighted by Gasteiger charge is -2.15. The Balaban J connectivity index is 2.03. The molecule has 0 saturated heterocycles. The van der Waals surface area contributed by atoms with Gasteiger partial charge in [-0.25, -0.2) is 4.79 Å². The zero-order valence-electron chi connectivity index (χ0n) is 15.1. The fourth-order valence-corrected chi connectivity index (χ4v) is 2.94. The summed E-state index contributed by atoms with van der Waals surface area (Å²) in [5.41, 5.74) is 2.10. The van der Waals surface area contributed by atoms with Crippen LogP contribution in [0.15, 0.2) is 71.5 Å². The molecule has 27 heavy (non-hydrogen) atoms. The van der Waals surface area contributed by atoms with Gasteiger partial charge in [-0.05, 0) is 61.7 Å². The largest absolute Gasteiger partial charge is 0.508 e. The van der Waals surface area contributed by atoms with Crippen LogP contribution >= 0.6 is 0 Å². The minimum atomic E-state index is -0.635. The van der Waals surface area contributed by atoms with Crippen LogP contribution in [0.5, 0.6) is 5.75 Å². The van der Waals surface area contributed by atoms with Crippen molar-refractivity contribution in [3.63, 3.8) is 0 Å². The standard InChI is InChI=1S/C22H21NO4/c1-2-27-22(26)20-15-12-17(9-8-16-6-4-3-5-7-16)23(21(20)25)18-10-13-19(24)14-11-18/h3-7,10-15,24H,2,8-9H2,1H3. The van der Waals surface area contributed by atoms with E-state index in [1.165, 1.54) is 22.8 Å². The Morgan fingerprint density at radius 2 is 1.67 bits per heavy atom. The van der Waals surface area contributed by atoms with Crippen LogP contribution in [0.4, 0.5) is 0 Å². The summed E-state index contributed by atoms with van der Waals surface area (Å²) in [6.07, 6.45) is 1.39. The number of carbonyl (C=O) groups excluding carboxylic acids is 1. The minimum absolute atomic E-state index is 0.00612. The fraction of sp³-hybridized carbons (Fsp3) is 0.182. The van der Waals surface area contributed by atoms with Crippen LogP contribution in [-0.4, -0.2) is 22.2 Å². The third kappa shape index (κ3) is 4.26. The lowest BCUT2D eigenvalue weighted by molar-refractivity contribution is 0.0524. The van der Waals surface area contributed by atoms with E-state index in [9.17, 15) is 14.7 Å². The molecule has 0 bridgehead atoms. The van der Waals surface area contributed by atoms with Crippen LogP contribution in [-0.2, 0) is 17.6 Å². The molecule has 0 aliphatic carbocycles. The van der Waals surface area contributed by atoms with Gasteiger partial charge in [0.2, 0.25) is 0 Å². The zero-order chi connectivity index (χ0) is 19.2. The van der Waals surface area contributed by atoms with Gasteiger partial charge in [0.05, 0.1) is 6.61 Å². The molecular weight excluding hydrogens is 342 g/mol. The summed E-state index contributed by atoms with van der Waals surface area (Å²) in [6.45, 7) is 1.90. The van der Waals surface area contributed by atoms with E-state index < -0.39 is 11.5 Å². The Labute approximate surface area is 157 Å². The smallest absolute Gasteiger partial charge is 0.343 e. The fourth-order valence-electron chi connectivity index (χ4n) is 2.94. The SMILES string of the molecule is CCOC(=O)c1ccc(CCc2ccccc2)n(-c2ccc(O)cc2)c1=O. The second kappa shape index (κ2) is 8.36. The van der Waals surface area contributed by atoms with Crippen LogP contribution < -0.4 is 5.56 Å². The van der Waals surface area contributed by atoms with E-state index in [1.54, 1.807) is 25.1 Å². The van der Waals surface area contributed by atoms with Crippen molar-refractivity contribution < 1.29 is 14.6 Å². The molecule has 2 aromatic carbocycles. The second-order valence-electron chi connectivity index (χ2n) is 6.10. The van der Waals surface area contributed by atoms with Crippen molar-refractivity contribution in [1.29, 1.82) is 0 Å². The number of aromatic nitrogens is 1. The van der Waals surface area contributed by atoms with Crippen molar-refractivity contribution in [2.45, 2.75) is 19.8 Å². The molecule has 3 rings (SSSR count). The molecule has 0 aliphatic rings. The highest BCUT2D eigenvalue weighted by atomic mass is 16.5. The summed E-state index contributed by atoms with van der Waals surface area (Å²) < 4.78 is 6.50. The molecule has 0 unspecified atom stereocenters. The van der Waals surface area contributed by atoms with Gasteiger partial charge in [-0.3, -0.25) is 9.36 Å². The Hall–Kier alpha value is -3.34. The number of nitrogens with zero attached hydrogens (tertiary/aromatic N) is 1. The zero-order valence-corrected chi connectivity index (χ0v) is 15.1. The molecule has 0 aliphatic heterocycles. The molecule has 0 saturated carbocycles. The Morgan fingerprint density at radius 3 is 2.33 bits per heavy atom. The molecule has 5 heteroatoms. The molecule has 0 amide bonds. The maximum absolute atomic E-state index is 13.0. The molecule has 138 valence electrons. The number of aromatic hydroxyl groups is 1. The number of hydrogen-bond acceptors (Lipinski definition) is 4. The number of benzene rings is 2. The van der Waals surface area contributed by atoms with Crippen molar-refractivity contribution in [3.05, 3.63) is 93.9 Å². The summed E-state index contributed by atoms with van der Waals surface area (Å²) in [6, 6.07) is 19.6. The number of carbonyl (C=O) groups is 1. The first-order valence-corrected chi connectivity index (χ1v) is 8.85. The maximum atomic E-state index is 13.0. The average Bonchev–Trinajstić information content (AvgIpc) is 2.68. The van der Waals surface area contributed by atoms with Crippen molar-refractivity contribution in [1.82, 2.24) is 4.57 Å². The highest BCUT2D eigenvalue weighted by Gasteiger charge is 2.17. The summed E-state index contributed by atoms with van der Waals surface area (Å²) >= 11 is 0. The van der Waals surface area contributed by atoms with Crippen molar-refractivity contribution in [2.75, 3.05) is 6.61 Å². The molecule has 0 fully saturated rings. The molecule has 0 spiro atoms. The summed E-state index contributed by atoms with van der Waals surface area (Å²) in [4.78, 5) is 25.1. The van der Waals surface area contributed by atoms with Crippen molar-refractivity contribution in [2.24, 2.45) is 0 Å². The maximum Gasteiger partial charge on any atom is 0.343 e. The quantitative estimate of drug-likeness (QED) is 0.681. The van der Waals surface area contributed by atoms with E-state index in [-0.39, 0.29) is 17.9 Å². The molecular formula is C22H21NO4. The van der Waals surface area contributed by atoms with Crippen LogP contribution in [0.1, 0.15) is 28.5 Å². The third-order valence-corrected chi connectivity index (χ3v) is 4.28. The van der Waals surface area contributed by atoms with Gasteiger partial charge in [0, 0.05) is 11.4 Å². The number of aryl methyl sites for hydroxylation is 2. The highest BCUT2D eigenvalue weighted by Crippen LogP contribution is 2.16. The van der Waals surface area contributed by atoms with Gasteiger partial charge in [-0.15, -0.1) is 0 Å².